The van der Waals surface area contributed by atoms with Crippen LogP contribution in [0.25, 0.3) is 0 Å². The number of hydrogen-bond donors (Lipinski definition) is 2. The highest BCUT2D eigenvalue weighted by Crippen LogP contribution is 2.28. The average Bonchev–Trinajstić information content (AvgIpc) is 2.71. The Morgan fingerprint density at radius 2 is 1.79 bits per heavy atom. The van der Waals surface area contributed by atoms with Gasteiger partial charge in [0.2, 0.25) is 10.0 Å². The molecule has 2 aromatic rings. The van der Waals surface area contributed by atoms with Crippen LogP contribution in [0.1, 0.15) is 12.8 Å². The zero-order valence-corrected chi connectivity index (χ0v) is 18.1. The van der Waals surface area contributed by atoms with Crippen LogP contribution in [0, 0.1) is 0 Å². The summed E-state index contributed by atoms with van der Waals surface area (Å²) in [4.78, 5) is 2.29. The lowest BCUT2D eigenvalue weighted by molar-refractivity contribution is 0.0630. The van der Waals surface area contributed by atoms with Crippen molar-refractivity contribution in [2.45, 2.75) is 29.9 Å². The number of piperidine rings is 1. The third-order valence-corrected chi connectivity index (χ3v) is 6.94. The fourth-order valence-corrected chi connectivity index (χ4v) is 4.59. The molecule has 158 valence electrons. The predicted molar refractivity (Wildman–Crippen MR) is 114 cm³/mol. The van der Waals surface area contributed by atoms with Gasteiger partial charge in [-0.1, -0.05) is 41.4 Å². The van der Waals surface area contributed by atoms with Crippen LogP contribution in [0.15, 0.2) is 53.4 Å². The summed E-state index contributed by atoms with van der Waals surface area (Å²) < 4.78 is 32.9. The topological polar surface area (TPSA) is 78.9 Å². The normalized spacial score (nSPS) is 17.2. The van der Waals surface area contributed by atoms with Crippen molar-refractivity contribution in [3.63, 3.8) is 0 Å². The molecular weight excluding hydrogens is 435 g/mol. The Kier molecular flexibility index (Phi) is 7.79. The number of likely N-dealkylation sites (tertiary alicyclic amines) is 1. The van der Waals surface area contributed by atoms with E-state index in [0.717, 1.165) is 25.9 Å². The quantitative estimate of drug-likeness (QED) is 0.634. The van der Waals surface area contributed by atoms with Crippen molar-refractivity contribution in [1.29, 1.82) is 0 Å². The van der Waals surface area contributed by atoms with Gasteiger partial charge in [0.25, 0.3) is 0 Å². The maximum absolute atomic E-state index is 12.2. The minimum atomic E-state index is -3.61. The maximum atomic E-state index is 12.2. The van der Waals surface area contributed by atoms with Crippen molar-refractivity contribution in [2.24, 2.45) is 0 Å². The summed E-state index contributed by atoms with van der Waals surface area (Å²) in [6, 6.07) is 13.3. The van der Waals surface area contributed by atoms with Gasteiger partial charge >= 0.3 is 0 Å². The molecule has 29 heavy (non-hydrogen) atoms. The van der Waals surface area contributed by atoms with Crippen molar-refractivity contribution >= 4 is 33.2 Å². The lowest BCUT2D eigenvalue weighted by Crippen LogP contribution is -2.45. The van der Waals surface area contributed by atoms with Crippen LogP contribution >= 0.6 is 23.2 Å². The van der Waals surface area contributed by atoms with Gasteiger partial charge in [-0.25, -0.2) is 13.1 Å². The minimum absolute atomic E-state index is 0.0308. The number of sulfonamides is 1. The molecule has 1 unspecified atom stereocenters. The number of halogens is 2. The fraction of sp³-hybridized carbons (Fsp3) is 0.400. The van der Waals surface area contributed by atoms with Crippen molar-refractivity contribution in [2.75, 3.05) is 26.2 Å². The SMILES string of the molecule is O=S(=O)(NCC(O)CN1CCC(Oc2ccc(Cl)c(Cl)c2)CC1)c1ccccc1. The molecule has 1 atom stereocenters. The van der Waals surface area contributed by atoms with Crippen LogP contribution in [-0.4, -0.2) is 56.8 Å². The van der Waals surface area contributed by atoms with E-state index in [1.165, 1.54) is 12.1 Å². The van der Waals surface area contributed by atoms with Crippen LogP contribution in [0.2, 0.25) is 10.0 Å². The monoisotopic (exact) mass is 458 g/mol. The lowest BCUT2D eigenvalue weighted by Gasteiger charge is -2.33. The number of nitrogens with one attached hydrogen (secondary N) is 1. The Hall–Kier alpha value is -1.35. The van der Waals surface area contributed by atoms with Crippen LogP contribution in [0.5, 0.6) is 5.75 Å². The molecule has 0 bridgehead atoms. The van der Waals surface area contributed by atoms with E-state index in [9.17, 15) is 13.5 Å². The maximum Gasteiger partial charge on any atom is 0.240 e. The van der Waals surface area contributed by atoms with Crippen LogP contribution in [0.3, 0.4) is 0 Å². The molecule has 2 N–H and O–H groups in total. The number of ether oxygens (including phenoxy) is 1. The van der Waals surface area contributed by atoms with E-state index in [0.29, 0.717) is 22.3 Å². The molecule has 1 fully saturated rings. The third-order valence-electron chi connectivity index (χ3n) is 4.76. The van der Waals surface area contributed by atoms with E-state index in [4.69, 9.17) is 27.9 Å². The summed E-state index contributed by atoms with van der Waals surface area (Å²) in [5.41, 5.74) is 0. The van der Waals surface area contributed by atoms with E-state index in [2.05, 4.69) is 9.62 Å². The number of hydrogen-bond acceptors (Lipinski definition) is 5. The second kappa shape index (κ2) is 10.1. The Bertz CT molecular complexity index is 904. The highest BCUT2D eigenvalue weighted by Gasteiger charge is 2.23. The summed E-state index contributed by atoms with van der Waals surface area (Å²) >= 11 is 11.9. The third kappa shape index (κ3) is 6.57. The molecule has 9 heteroatoms. The van der Waals surface area contributed by atoms with Crippen LogP contribution in [0.4, 0.5) is 0 Å². The molecule has 1 aliphatic rings. The Morgan fingerprint density at radius 3 is 2.45 bits per heavy atom. The predicted octanol–water partition coefficient (Wildman–Crippen LogP) is 3.18. The van der Waals surface area contributed by atoms with E-state index in [1.807, 2.05) is 0 Å². The summed E-state index contributed by atoms with van der Waals surface area (Å²) in [6.07, 6.45) is 0.893. The minimum Gasteiger partial charge on any atom is -0.490 e. The number of rotatable bonds is 8. The summed E-state index contributed by atoms with van der Waals surface area (Å²) in [6.45, 7) is 1.89. The molecule has 3 rings (SSSR count). The number of aliphatic hydroxyl groups is 1. The van der Waals surface area contributed by atoms with Crippen molar-refractivity contribution in [3.8, 4) is 5.75 Å². The van der Waals surface area contributed by atoms with Crippen LogP contribution < -0.4 is 9.46 Å². The molecule has 1 aliphatic heterocycles. The van der Waals surface area contributed by atoms with Gasteiger partial charge < -0.3 is 14.7 Å². The first-order valence-corrected chi connectivity index (χ1v) is 11.6. The smallest absolute Gasteiger partial charge is 0.240 e. The molecule has 2 aromatic carbocycles. The summed E-state index contributed by atoms with van der Waals surface area (Å²) in [5, 5.41) is 11.2. The van der Waals surface area contributed by atoms with Crippen molar-refractivity contribution < 1.29 is 18.3 Å². The first kappa shape index (κ1) is 22.3. The standard InChI is InChI=1S/C20H24Cl2N2O4S/c21-19-7-6-17(12-20(19)22)28-16-8-10-24(11-9-16)14-15(25)13-23-29(26,27)18-4-2-1-3-5-18/h1-7,12,15-16,23,25H,8-11,13-14H2. The Balaban J connectivity index is 1.41. The van der Waals surface area contributed by atoms with E-state index in [-0.39, 0.29) is 17.5 Å². The zero-order valence-electron chi connectivity index (χ0n) is 15.8. The molecule has 1 saturated heterocycles. The van der Waals surface area contributed by atoms with Gasteiger partial charge in [0.05, 0.1) is 21.0 Å². The Labute approximate surface area is 181 Å². The van der Waals surface area contributed by atoms with Gasteiger partial charge in [0.15, 0.2) is 0 Å². The van der Waals surface area contributed by atoms with Gasteiger partial charge in [-0.15, -0.1) is 0 Å². The molecule has 0 radical (unpaired) electrons. The van der Waals surface area contributed by atoms with Gasteiger partial charge in [-0.05, 0) is 37.1 Å². The number of nitrogens with zero attached hydrogens (tertiary/aromatic N) is 1. The lowest BCUT2D eigenvalue weighted by atomic mass is 10.1. The highest BCUT2D eigenvalue weighted by molar-refractivity contribution is 7.89. The molecule has 6 nitrogen and oxygen atoms in total. The van der Waals surface area contributed by atoms with E-state index < -0.39 is 16.1 Å². The van der Waals surface area contributed by atoms with Crippen LogP contribution in [-0.2, 0) is 10.0 Å². The molecule has 1 heterocycles. The average molecular weight is 459 g/mol. The largest absolute Gasteiger partial charge is 0.490 e. The zero-order chi connectivity index (χ0) is 20.9. The second-order valence-corrected chi connectivity index (χ2v) is 9.59. The van der Waals surface area contributed by atoms with Gasteiger partial charge in [0, 0.05) is 32.2 Å². The fourth-order valence-electron chi connectivity index (χ4n) is 3.20. The number of benzene rings is 2. The van der Waals surface area contributed by atoms with Gasteiger partial charge in [-0.2, -0.15) is 0 Å². The van der Waals surface area contributed by atoms with E-state index in [1.54, 1.807) is 36.4 Å². The summed E-state index contributed by atoms with van der Waals surface area (Å²) in [7, 11) is -3.61. The van der Waals surface area contributed by atoms with Crippen molar-refractivity contribution in [1.82, 2.24) is 9.62 Å². The highest BCUT2D eigenvalue weighted by atomic mass is 35.5. The number of β-amino-alcohol motifs (C(OH)–C–C–N with tert-alkyl or cyclic N) is 1. The first-order chi connectivity index (χ1) is 13.8. The van der Waals surface area contributed by atoms with E-state index >= 15 is 0 Å². The van der Waals surface area contributed by atoms with Gasteiger partial charge in [-0.3, -0.25) is 0 Å². The molecular formula is C20H24Cl2N2O4S. The summed E-state index contributed by atoms with van der Waals surface area (Å²) in [5.74, 6) is 0.688. The molecule has 0 amide bonds. The molecule has 0 aromatic heterocycles. The molecule has 0 aliphatic carbocycles. The Morgan fingerprint density at radius 1 is 1.10 bits per heavy atom. The molecule has 0 spiro atoms. The van der Waals surface area contributed by atoms with Crippen molar-refractivity contribution in [3.05, 3.63) is 58.6 Å². The number of aliphatic hydroxyl groups excluding tert-OH is 1. The molecule has 0 saturated carbocycles. The second-order valence-electron chi connectivity index (χ2n) is 7.01. The first-order valence-electron chi connectivity index (χ1n) is 9.40. The van der Waals surface area contributed by atoms with Gasteiger partial charge in [0.1, 0.15) is 11.9 Å².